The molecule has 2 atom stereocenters. The molecule has 0 aromatic heterocycles. The fourth-order valence-electron chi connectivity index (χ4n) is 3.30. The Morgan fingerprint density at radius 1 is 1.11 bits per heavy atom. The van der Waals surface area contributed by atoms with Gasteiger partial charge >= 0.3 is 0 Å². The van der Waals surface area contributed by atoms with Crippen molar-refractivity contribution in [3.05, 3.63) is 0 Å². The quantitative estimate of drug-likeness (QED) is 0.720. The lowest BCUT2D eigenvalue weighted by Crippen LogP contribution is -2.48. The summed E-state index contributed by atoms with van der Waals surface area (Å²) in [4.78, 5) is 2.38. The first-order valence-electron chi connectivity index (χ1n) is 7.80. The standard InChI is InChI=1S/C14H28N2O2S/c1-2-3-4-5-8-15-13-11-19(17,18)12-14(13)16-9-6-7-10-16/h13-15H,2-12H2,1H3/t13-,14+/m0/s1. The molecule has 0 amide bonds. The summed E-state index contributed by atoms with van der Waals surface area (Å²) < 4.78 is 23.8. The fourth-order valence-corrected chi connectivity index (χ4v) is 5.28. The van der Waals surface area contributed by atoms with Crippen molar-refractivity contribution in [2.24, 2.45) is 0 Å². The van der Waals surface area contributed by atoms with Gasteiger partial charge in [0, 0.05) is 12.1 Å². The molecule has 2 heterocycles. The number of nitrogens with zero attached hydrogens (tertiary/aromatic N) is 1. The highest BCUT2D eigenvalue weighted by molar-refractivity contribution is 7.91. The first-order chi connectivity index (χ1) is 9.12. The highest BCUT2D eigenvalue weighted by Gasteiger charge is 2.41. The number of likely N-dealkylation sites (tertiary alicyclic amines) is 1. The molecule has 0 aliphatic carbocycles. The maximum Gasteiger partial charge on any atom is 0.153 e. The van der Waals surface area contributed by atoms with E-state index in [0.717, 1.165) is 26.1 Å². The molecule has 2 saturated heterocycles. The zero-order chi connectivity index (χ0) is 13.7. The SMILES string of the molecule is CCCCCCN[C@H]1CS(=O)(=O)C[C@H]1N1CCCC1. The Bertz CT molecular complexity index is 364. The van der Waals surface area contributed by atoms with Crippen LogP contribution in [-0.4, -0.2) is 56.5 Å². The zero-order valence-corrected chi connectivity index (χ0v) is 12.9. The second-order valence-corrected chi connectivity index (χ2v) is 8.16. The first kappa shape index (κ1) is 15.3. The van der Waals surface area contributed by atoms with Crippen molar-refractivity contribution in [3.8, 4) is 0 Å². The van der Waals surface area contributed by atoms with Crippen molar-refractivity contribution in [1.29, 1.82) is 0 Å². The molecular formula is C14H28N2O2S. The third kappa shape index (κ3) is 4.43. The Hall–Kier alpha value is -0.130. The molecule has 0 unspecified atom stereocenters. The van der Waals surface area contributed by atoms with Crippen molar-refractivity contribution >= 4 is 9.84 Å². The van der Waals surface area contributed by atoms with Gasteiger partial charge in [-0.3, -0.25) is 4.90 Å². The Morgan fingerprint density at radius 2 is 1.84 bits per heavy atom. The predicted molar refractivity (Wildman–Crippen MR) is 79.2 cm³/mol. The predicted octanol–water partition coefficient (Wildman–Crippen LogP) is 1.42. The van der Waals surface area contributed by atoms with Gasteiger partial charge in [0.15, 0.2) is 9.84 Å². The van der Waals surface area contributed by atoms with E-state index in [1.54, 1.807) is 0 Å². The van der Waals surface area contributed by atoms with Crippen molar-refractivity contribution in [2.75, 3.05) is 31.1 Å². The van der Waals surface area contributed by atoms with E-state index in [1.165, 1.54) is 32.1 Å². The third-order valence-electron chi connectivity index (χ3n) is 4.37. The van der Waals surface area contributed by atoms with Crippen molar-refractivity contribution in [3.63, 3.8) is 0 Å². The van der Waals surface area contributed by atoms with Crippen molar-refractivity contribution in [2.45, 2.75) is 57.5 Å². The molecule has 2 rings (SSSR count). The molecule has 2 fully saturated rings. The van der Waals surface area contributed by atoms with Gasteiger partial charge in [0.25, 0.3) is 0 Å². The van der Waals surface area contributed by atoms with E-state index >= 15 is 0 Å². The molecule has 19 heavy (non-hydrogen) atoms. The Labute approximate surface area is 117 Å². The maximum absolute atomic E-state index is 11.9. The molecule has 4 nitrogen and oxygen atoms in total. The Kier molecular flexibility index (Phi) is 5.66. The van der Waals surface area contributed by atoms with Gasteiger partial charge in [0.1, 0.15) is 0 Å². The number of sulfone groups is 1. The summed E-state index contributed by atoms with van der Waals surface area (Å²) in [5, 5.41) is 3.50. The van der Waals surface area contributed by atoms with Crippen LogP contribution < -0.4 is 5.32 Å². The second kappa shape index (κ2) is 7.04. The average molecular weight is 288 g/mol. The summed E-state index contributed by atoms with van der Waals surface area (Å²) in [5.74, 6) is 0.696. The normalized spacial score (nSPS) is 31.0. The lowest BCUT2D eigenvalue weighted by Gasteiger charge is -2.28. The van der Waals surface area contributed by atoms with Crippen LogP contribution in [0.3, 0.4) is 0 Å². The smallest absolute Gasteiger partial charge is 0.153 e. The minimum atomic E-state index is -2.83. The minimum absolute atomic E-state index is 0.157. The first-order valence-corrected chi connectivity index (χ1v) is 9.62. The Balaban J connectivity index is 1.82. The van der Waals surface area contributed by atoms with Gasteiger partial charge in [-0.1, -0.05) is 26.2 Å². The van der Waals surface area contributed by atoms with E-state index in [0.29, 0.717) is 11.5 Å². The summed E-state index contributed by atoms with van der Waals surface area (Å²) in [7, 11) is -2.83. The zero-order valence-electron chi connectivity index (χ0n) is 12.1. The molecule has 0 bridgehead atoms. The van der Waals surface area contributed by atoms with E-state index in [4.69, 9.17) is 0 Å². The highest BCUT2D eigenvalue weighted by atomic mass is 32.2. The molecule has 2 aliphatic heterocycles. The largest absolute Gasteiger partial charge is 0.311 e. The van der Waals surface area contributed by atoms with Gasteiger partial charge in [-0.25, -0.2) is 8.42 Å². The average Bonchev–Trinajstić information content (AvgIpc) is 2.96. The summed E-state index contributed by atoms with van der Waals surface area (Å²) in [6.07, 6.45) is 7.38. The van der Waals surface area contributed by atoms with Crippen molar-refractivity contribution in [1.82, 2.24) is 10.2 Å². The summed E-state index contributed by atoms with van der Waals surface area (Å²) >= 11 is 0. The van der Waals surface area contributed by atoms with Crippen LogP contribution in [0.2, 0.25) is 0 Å². The summed E-state index contributed by atoms with van der Waals surface area (Å²) in [5.41, 5.74) is 0. The summed E-state index contributed by atoms with van der Waals surface area (Å²) in [6, 6.07) is 0.378. The van der Waals surface area contributed by atoms with Crippen LogP contribution >= 0.6 is 0 Å². The highest BCUT2D eigenvalue weighted by Crippen LogP contribution is 2.22. The monoisotopic (exact) mass is 288 g/mol. The molecular weight excluding hydrogens is 260 g/mol. The fraction of sp³-hybridized carbons (Fsp3) is 1.00. The molecule has 0 saturated carbocycles. The van der Waals surface area contributed by atoms with Gasteiger partial charge in [-0.15, -0.1) is 0 Å². The number of nitrogens with one attached hydrogen (secondary N) is 1. The third-order valence-corrected chi connectivity index (χ3v) is 6.09. The van der Waals surface area contributed by atoms with Gasteiger partial charge in [-0.05, 0) is 38.9 Å². The van der Waals surface area contributed by atoms with Crippen LogP contribution in [0.15, 0.2) is 0 Å². The van der Waals surface area contributed by atoms with Gasteiger partial charge in [0.2, 0.25) is 0 Å². The molecule has 112 valence electrons. The number of unbranched alkanes of at least 4 members (excludes halogenated alkanes) is 3. The second-order valence-electron chi connectivity index (χ2n) is 6.01. The molecule has 5 heteroatoms. The van der Waals surface area contributed by atoms with Crippen LogP contribution in [-0.2, 0) is 9.84 Å². The molecule has 0 spiro atoms. The van der Waals surface area contributed by atoms with Crippen LogP contribution in [0.25, 0.3) is 0 Å². The number of hydrogen-bond acceptors (Lipinski definition) is 4. The van der Waals surface area contributed by atoms with Crippen LogP contribution in [0.4, 0.5) is 0 Å². The Morgan fingerprint density at radius 3 is 2.53 bits per heavy atom. The number of rotatable bonds is 7. The van der Waals surface area contributed by atoms with E-state index in [1.807, 2.05) is 0 Å². The summed E-state index contributed by atoms with van der Waals surface area (Å²) in [6.45, 7) is 5.33. The molecule has 0 radical (unpaired) electrons. The van der Waals surface area contributed by atoms with Crippen LogP contribution in [0.1, 0.15) is 45.4 Å². The topological polar surface area (TPSA) is 49.4 Å². The van der Waals surface area contributed by atoms with Crippen LogP contribution in [0, 0.1) is 0 Å². The lowest BCUT2D eigenvalue weighted by molar-refractivity contribution is 0.226. The molecule has 1 N–H and O–H groups in total. The molecule has 0 aromatic carbocycles. The van der Waals surface area contributed by atoms with Gasteiger partial charge in [0.05, 0.1) is 11.5 Å². The van der Waals surface area contributed by atoms with E-state index in [9.17, 15) is 8.42 Å². The number of hydrogen-bond donors (Lipinski definition) is 1. The van der Waals surface area contributed by atoms with E-state index in [2.05, 4.69) is 17.1 Å². The minimum Gasteiger partial charge on any atom is -0.311 e. The maximum atomic E-state index is 11.9. The van der Waals surface area contributed by atoms with Crippen LogP contribution in [0.5, 0.6) is 0 Å². The molecule has 0 aromatic rings. The van der Waals surface area contributed by atoms with Gasteiger partial charge < -0.3 is 5.32 Å². The molecule has 2 aliphatic rings. The van der Waals surface area contributed by atoms with Crippen molar-refractivity contribution < 1.29 is 8.42 Å². The lowest BCUT2D eigenvalue weighted by atomic mass is 10.1. The van der Waals surface area contributed by atoms with E-state index in [-0.39, 0.29) is 12.1 Å². The van der Waals surface area contributed by atoms with E-state index < -0.39 is 9.84 Å². The van der Waals surface area contributed by atoms with Gasteiger partial charge in [-0.2, -0.15) is 0 Å².